The number of carbonyl (C=O) groups is 1. The summed E-state index contributed by atoms with van der Waals surface area (Å²) in [6.07, 6.45) is 2.35. The zero-order valence-electron chi connectivity index (χ0n) is 16.4. The third kappa shape index (κ3) is 3.79. The van der Waals surface area contributed by atoms with Gasteiger partial charge in [-0.15, -0.1) is 0 Å². The number of nitrogens with one attached hydrogen (secondary N) is 1. The third-order valence-electron chi connectivity index (χ3n) is 6.56. The lowest BCUT2D eigenvalue weighted by molar-refractivity contribution is -0.126. The smallest absolute Gasteiger partial charge is 0.230 e. The van der Waals surface area contributed by atoms with Crippen molar-refractivity contribution in [1.29, 1.82) is 0 Å². The Morgan fingerprint density at radius 3 is 2.37 bits per heavy atom. The van der Waals surface area contributed by atoms with Crippen molar-refractivity contribution in [3.05, 3.63) is 71.8 Å². The minimum Gasteiger partial charge on any atom is -0.352 e. The van der Waals surface area contributed by atoms with Gasteiger partial charge < -0.3 is 5.32 Å². The van der Waals surface area contributed by atoms with Crippen LogP contribution in [0.4, 0.5) is 0 Å². The van der Waals surface area contributed by atoms with Gasteiger partial charge in [0.25, 0.3) is 0 Å². The van der Waals surface area contributed by atoms with E-state index in [1.165, 1.54) is 12.0 Å². The summed E-state index contributed by atoms with van der Waals surface area (Å²) in [5, 5.41) is 3.41. The van der Waals surface area contributed by atoms with E-state index in [4.69, 9.17) is 0 Å². The molecule has 0 spiro atoms. The van der Waals surface area contributed by atoms with Crippen molar-refractivity contribution in [1.82, 2.24) is 10.2 Å². The zero-order valence-corrected chi connectivity index (χ0v) is 16.4. The Hall–Kier alpha value is -2.13. The van der Waals surface area contributed by atoms with Crippen LogP contribution >= 0.6 is 0 Å². The van der Waals surface area contributed by atoms with Gasteiger partial charge in [-0.1, -0.05) is 60.7 Å². The highest BCUT2D eigenvalue weighted by Crippen LogP contribution is 2.39. The van der Waals surface area contributed by atoms with Gasteiger partial charge in [-0.25, -0.2) is 0 Å². The molecule has 0 radical (unpaired) electrons. The molecule has 1 aliphatic heterocycles. The lowest BCUT2D eigenvalue weighted by atomic mass is 9.83. The number of hydrogen-bond acceptors (Lipinski definition) is 2. The number of nitrogens with zero attached hydrogens (tertiary/aromatic N) is 1. The quantitative estimate of drug-likeness (QED) is 0.872. The van der Waals surface area contributed by atoms with Gasteiger partial charge in [-0.3, -0.25) is 9.69 Å². The normalized spacial score (nSPS) is 25.3. The lowest BCUT2D eigenvalue weighted by Crippen LogP contribution is -2.47. The molecule has 1 saturated carbocycles. The first-order chi connectivity index (χ1) is 13.0. The van der Waals surface area contributed by atoms with Crippen molar-refractivity contribution in [3.8, 4) is 0 Å². The average molecular weight is 363 g/mol. The van der Waals surface area contributed by atoms with Gasteiger partial charge in [0.2, 0.25) is 5.91 Å². The van der Waals surface area contributed by atoms with E-state index in [2.05, 4.69) is 40.5 Å². The summed E-state index contributed by atoms with van der Waals surface area (Å²) in [5.41, 5.74) is 1.96. The zero-order chi connectivity index (χ0) is 18.9. The highest BCUT2D eigenvalue weighted by atomic mass is 16.2. The largest absolute Gasteiger partial charge is 0.352 e. The standard InChI is InChI=1S/C24H30N2O/c1-24(2,20-11-7-4-8-12-20)23(27)25-22-14-13-19-16-26(17-21(19)22)15-18-9-5-3-6-10-18/h3-12,19,21-22H,13-17H2,1-2H3,(H,25,27)/t19-,21?,22?/m0/s1. The second kappa shape index (κ2) is 7.47. The van der Waals surface area contributed by atoms with Gasteiger partial charge in [-0.05, 0) is 49.7 Å². The lowest BCUT2D eigenvalue weighted by Gasteiger charge is -2.29. The van der Waals surface area contributed by atoms with Crippen LogP contribution in [0.2, 0.25) is 0 Å². The fraction of sp³-hybridized carbons (Fsp3) is 0.458. The second-order valence-corrected chi connectivity index (χ2v) is 8.75. The Morgan fingerprint density at radius 1 is 1.00 bits per heavy atom. The molecule has 3 nitrogen and oxygen atoms in total. The fourth-order valence-electron chi connectivity index (χ4n) is 4.84. The summed E-state index contributed by atoms with van der Waals surface area (Å²) < 4.78 is 0. The maximum atomic E-state index is 13.1. The number of benzene rings is 2. The van der Waals surface area contributed by atoms with E-state index in [1.54, 1.807) is 0 Å². The molecule has 1 heterocycles. The van der Waals surface area contributed by atoms with E-state index in [9.17, 15) is 4.79 Å². The first kappa shape index (κ1) is 18.2. The van der Waals surface area contributed by atoms with Crippen molar-refractivity contribution in [2.75, 3.05) is 13.1 Å². The molecule has 1 aliphatic carbocycles. The predicted octanol–water partition coefficient (Wildman–Crippen LogP) is 3.99. The summed E-state index contributed by atoms with van der Waals surface area (Å²) >= 11 is 0. The first-order valence-corrected chi connectivity index (χ1v) is 10.2. The third-order valence-corrected chi connectivity index (χ3v) is 6.56. The van der Waals surface area contributed by atoms with Gasteiger partial charge in [0, 0.05) is 25.7 Å². The Kier molecular flexibility index (Phi) is 5.05. The molecule has 2 unspecified atom stereocenters. The molecule has 3 heteroatoms. The van der Waals surface area contributed by atoms with Gasteiger partial charge in [0.05, 0.1) is 5.41 Å². The molecule has 2 fully saturated rings. The van der Waals surface area contributed by atoms with Crippen LogP contribution in [0.25, 0.3) is 0 Å². The molecule has 0 aromatic heterocycles. The molecular formula is C24H30N2O. The van der Waals surface area contributed by atoms with Crippen LogP contribution in [0.15, 0.2) is 60.7 Å². The predicted molar refractivity (Wildman–Crippen MR) is 109 cm³/mol. The van der Waals surface area contributed by atoms with E-state index in [-0.39, 0.29) is 5.91 Å². The molecule has 1 amide bonds. The molecule has 2 aromatic carbocycles. The van der Waals surface area contributed by atoms with Gasteiger partial charge in [0.1, 0.15) is 0 Å². The highest BCUT2D eigenvalue weighted by molar-refractivity contribution is 5.87. The molecule has 4 rings (SSSR count). The molecule has 1 saturated heterocycles. The van der Waals surface area contributed by atoms with E-state index >= 15 is 0 Å². The summed E-state index contributed by atoms with van der Waals surface area (Å²) in [6, 6.07) is 21.1. The van der Waals surface area contributed by atoms with Crippen molar-refractivity contribution in [2.24, 2.45) is 11.8 Å². The van der Waals surface area contributed by atoms with E-state index < -0.39 is 5.41 Å². The van der Waals surface area contributed by atoms with E-state index in [0.29, 0.717) is 12.0 Å². The van der Waals surface area contributed by atoms with Crippen LogP contribution in [-0.2, 0) is 16.8 Å². The maximum absolute atomic E-state index is 13.1. The van der Waals surface area contributed by atoms with E-state index in [1.807, 2.05) is 44.2 Å². The Morgan fingerprint density at radius 2 is 1.67 bits per heavy atom. The molecule has 142 valence electrons. The summed E-state index contributed by atoms with van der Waals surface area (Å²) in [6.45, 7) is 7.33. The van der Waals surface area contributed by atoms with Crippen molar-refractivity contribution in [3.63, 3.8) is 0 Å². The Bertz CT molecular complexity index is 771. The summed E-state index contributed by atoms with van der Waals surface area (Å²) in [7, 11) is 0. The summed E-state index contributed by atoms with van der Waals surface area (Å²) in [5.74, 6) is 1.46. The SMILES string of the molecule is CC(C)(C(=O)NC1CC[C@H]2CN(Cc3ccccc3)CC12)c1ccccc1. The molecule has 3 atom stereocenters. The van der Waals surface area contributed by atoms with Gasteiger partial charge in [-0.2, -0.15) is 0 Å². The van der Waals surface area contributed by atoms with Crippen LogP contribution in [0.3, 0.4) is 0 Å². The number of amides is 1. The summed E-state index contributed by atoms with van der Waals surface area (Å²) in [4.78, 5) is 15.6. The minimum absolute atomic E-state index is 0.154. The number of carbonyl (C=O) groups excluding carboxylic acids is 1. The van der Waals surface area contributed by atoms with Gasteiger partial charge in [0.15, 0.2) is 0 Å². The molecule has 1 N–H and O–H groups in total. The molecule has 2 aliphatic rings. The van der Waals surface area contributed by atoms with Crippen LogP contribution in [-0.4, -0.2) is 29.9 Å². The topological polar surface area (TPSA) is 32.3 Å². The van der Waals surface area contributed by atoms with Crippen LogP contribution in [0.1, 0.15) is 37.8 Å². The molecule has 27 heavy (non-hydrogen) atoms. The van der Waals surface area contributed by atoms with Crippen molar-refractivity contribution >= 4 is 5.91 Å². The number of hydrogen-bond donors (Lipinski definition) is 1. The van der Waals surface area contributed by atoms with Crippen LogP contribution in [0, 0.1) is 11.8 Å². The van der Waals surface area contributed by atoms with Crippen LogP contribution in [0.5, 0.6) is 0 Å². The van der Waals surface area contributed by atoms with Crippen LogP contribution < -0.4 is 5.32 Å². The highest BCUT2D eigenvalue weighted by Gasteiger charge is 2.44. The molecule has 2 aromatic rings. The van der Waals surface area contributed by atoms with Gasteiger partial charge >= 0.3 is 0 Å². The number of fused-ring (bicyclic) bond motifs is 1. The number of likely N-dealkylation sites (tertiary alicyclic amines) is 1. The minimum atomic E-state index is -0.498. The maximum Gasteiger partial charge on any atom is 0.230 e. The molecule has 0 bridgehead atoms. The second-order valence-electron chi connectivity index (χ2n) is 8.75. The Labute approximate surface area is 162 Å². The van der Waals surface area contributed by atoms with E-state index in [0.717, 1.165) is 37.5 Å². The monoisotopic (exact) mass is 362 g/mol. The van der Waals surface area contributed by atoms with Crippen molar-refractivity contribution < 1.29 is 4.79 Å². The average Bonchev–Trinajstić information content (AvgIpc) is 3.24. The fourth-order valence-corrected chi connectivity index (χ4v) is 4.84. The van der Waals surface area contributed by atoms with Crippen molar-refractivity contribution in [2.45, 2.75) is 44.7 Å². The molecular weight excluding hydrogens is 332 g/mol. The Balaban J connectivity index is 1.38. The number of rotatable bonds is 5. The first-order valence-electron chi connectivity index (χ1n) is 10.2.